The molecule has 3 atom stereocenters. The van der Waals surface area contributed by atoms with Gasteiger partial charge in [0.1, 0.15) is 6.10 Å². The summed E-state index contributed by atoms with van der Waals surface area (Å²) in [4.78, 5) is 28.4. The van der Waals surface area contributed by atoms with Gasteiger partial charge in [0.2, 0.25) is 5.91 Å². The molecule has 0 saturated carbocycles. The van der Waals surface area contributed by atoms with Gasteiger partial charge in [0.25, 0.3) is 5.91 Å². The van der Waals surface area contributed by atoms with Crippen LogP contribution in [-0.4, -0.2) is 65.1 Å². The highest BCUT2D eigenvalue weighted by Gasteiger charge is 2.44. The number of fused-ring (bicyclic) bond motifs is 1. The second kappa shape index (κ2) is 8.83. The van der Waals surface area contributed by atoms with E-state index in [0.717, 1.165) is 0 Å². The highest BCUT2D eigenvalue weighted by molar-refractivity contribution is 5.89. The lowest BCUT2D eigenvalue weighted by molar-refractivity contribution is -0.286. The van der Waals surface area contributed by atoms with Gasteiger partial charge in [-0.2, -0.15) is 0 Å². The van der Waals surface area contributed by atoms with Gasteiger partial charge in [-0.15, -0.1) is 8.78 Å². The summed E-state index contributed by atoms with van der Waals surface area (Å²) in [5, 5.41) is 19.1. The van der Waals surface area contributed by atoms with Crippen LogP contribution < -0.4 is 19.9 Å². The summed E-state index contributed by atoms with van der Waals surface area (Å²) in [6, 6.07) is 4.25. The number of aliphatic hydroxyl groups is 1. The first kappa shape index (κ1) is 23.0. The van der Waals surface area contributed by atoms with E-state index >= 15 is 0 Å². The number of aliphatic hydroxyl groups excluding tert-OH is 1. The van der Waals surface area contributed by atoms with Gasteiger partial charge in [-0.25, -0.2) is 5.48 Å². The first-order valence-corrected chi connectivity index (χ1v) is 10.1. The van der Waals surface area contributed by atoms with Crippen molar-refractivity contribution < 1.29 is 38.2 Å². The molecule has 3 rings (SSSR count). The highest BCUT2D eigenvalue weighted by atomic mass is 19.3. The third kappa shape index (κ3) is 4.99. The number of piperazine rings is 1. The van der Waals surface area contributed by atoms with Crippen LogP contribution in [0.25, 0.3) is 0 Å². The Bertz CT molecular complexity index is 837. The van der Waals surface area contributed by atoms with E-state index in [0.29, 0.717) is 25.3 Å². The molecule has 1 saturated heterocycles. The third-order valence-electron chi connectivity index (χ3n) is 5.46. The summed E-state index contributed by atoms with van der Waals surface area (Å²) in [6.07, 6.45) is -5.08. The normalized spacial score (nSPS) is 21.7. The molecule has 0 bridgehead atoms. The van der Waals surface area contributed by atoms with E-state index in [1.807, 2.05) is 25.7 Å². The number of nitrogens with zero attached hydrogens (tertiary/aromatic N) is 2. The number of carbonyl (C=O) groups is 2. The fourth-order valence-corrected chi connectivity index (χ4v) is 3.99. The molecule has 2 heterocycles. The molecule has 3 N–H and O–H groups in total. The van der Waals surface area contributed by atoms with Crippen molar-refractivity contribution in [2.45, 2.75) is 45.6 Å². The molecule has 2 aliphatic heterocycles. The van der Waals surface area contributed by atoms with Crippen molar-refractivity contribution in [1.82, 2.24) is 10.4 Å². The number of nitrogens with one attached hydrogen (secondary N) is 1. The van der Waals surface area contributed by atoms with Crippen LogP contribution in [-0.2, 0) is 9.59 Å². The van der Waals surface area contributed by atoms with E-state index < -0.39 is 24.2 Å². The van der Waals surface area contributed by atoms with Gasteiger partial charge in [-0.3, -0.25) is 14.8 Å². The maximum absolute atomic E-state index is 13.3. The van der Waals surface area contributed by atoms with Crippen LogP contribution in [0.1, 0.15) is 27.2 Å². The van der Waals surface area contributed by atoms with Crippen molar-refractivity contribution in [3.05, 3.63) is 18.2 Å². The third-order valence-corrected chi connectivity index (χ3v) is 5.46. The van der Waals surface area contributed by atoms with Crippen LogP contribution in [0.15, 0.2) is 18.2 Å². The van der Waals surface area contributed by atoms with Crippen LogP contribution in [0.4, 0.5) is 14.5 Å². The van der Waals surface area contributed by atoms with Gasteiger partial charge in [0.05, 0.1) is 5.92 Å². The van der Waals surface area contributed by atoms with E-state index in [4.69, 9.17) is 5.21 Å². The number of benzene rings is 1. The molecular weight excluding hydrogens is 416 g/mol. The number of carbonyl (C=O) groups excluding carboxylic acids is 2. The Hall–Kier alpha value is -2.66. The minimum absolute atomic E-state index is 0.0386. The second-order valence-electron chi connectivity index (χ2n) is 8.28. The molecule has 172 valence electrons. The molecule has 11 heteroatoms. The second-order valence-corrected chi connectivity index (χ2v) is 8.28. The molecule has 9 nitrogen and oxygen atoms in total. The van der Waals surface area contributed by atoms with Crippen molar-refractivity contribution >= 4 is 17.5 Å². The molecule has 0 aliphatic carbocycles. The zero-order valence-electron chi connectivity index (χ0n) is 17.5. The van der Waals surface area contributed by atoms with Crippen molar-refractivity contribution in [2.24, 2.45) is 11.8 Å². The zero-order chi connectivity index (χ0) is 22.9. The largest absolute Gasteiger partial charge is 0.586 e. The Balaban J connectivity index is 1.70. The van der Waals surface area contributed by atoms with Crippen molar-refractivity contribution in [2.75, 3.05) is 24.5 Å². The molecule has 1 aromatic carbocycles. The lowest BCUT2D eigenvalue weighted by Gasteiger charge is -2.42. The van der Waals surface area contributed by atoms with E-state index in [2.05, 4.69) is 9.47 Å². The predicted octanol–water partition coefficient (Wildman–Crippen LogP) is 1.57. The molecule has 2 amide bonds. The van der Waals surface area contributed by atoms with Gasteiger partial charge in [-0.1, -0.05) is 13.8 Å². The standard InChI is InChI=1S/C20H27F2N3O6/c1-11(2)8-14(17(26)18(27)23-29)19(28)25-7-6-24(10-12(25)3)13-4-5-15-16(9-13)31-20(21,22)30-15/h4-5,9,11-12,14,17,26,29H,6-8,10H2,1-3H3,(H,23,27)/t12-,14+,17+/m1/s1. The number of amides is 2. The predicted molar refractivity (Wildman–Crippen MR) is 105 cm³/mol. The Kier molecular flexibility index (Phi) is 6.56. The number of anilines is 1. The highest BCUT2D eigenvalue weighted by Crippen LogP contribution is 2.43. The molecule has 31 heavy (non-hydrogen) atoms. The first-order valence-electron chi connectivity index (χ1n) is 10.1. The van der Waals surface area contributed by atoms with Crippen LogP contribution in [0.5, 0.6) is 11.5 Å². The number of hydrogen-bond acceptors (Lipinski definition) is 7. The van der Waals surface area contributed by atoms with Crippen molar-refractivity contribution in [3.8, 4) is 11.5 Å². The van der Waals surface area contributed by atoms with Gasteiger partial charge in [-0.05, 0) is 31.4 Å². The molecule has 0 radical (unpaired) electrons. The van der Waals surface area contributed by atoms with E-state index in [1.54, 1.807) is 11.0 Å². The fraction of sp³-hybridized carbons (Fsp3) is 0.600. The molecule has 0 unspecified atom stereocenters. The van der Waals surface area contributed by atoms with E-state index in [9.17, 15) is 23.5 Å². The number of rotatable bonds is 6. The Morgan fingerprint density at radius 1 is 1.26 bits per heavy atom. The maximum atomic E-state index is 13.3. The number of ether oxygens (including phenoxy) is 2. The zero-order valence-corrected chi connectivity index (χ0v) is 17.5. The number of hydrogen-bond donors (Lipinski definition) is 3. The first-order chi connectivity index (χ1) is 14.5. The minimum Gasteiger partial charge on any atom is -0.395 e. The topological polar surface area (TPSA) is 112 Å². The van der Waals surface area contributed by atoms with Gasteiger partial charge < -0.3 is 24.4 Å². The average molecular weight is 443 g/mol. The van der Waals surface area contributed by atoms with Gasteiger partial charge in [0.15, 0.2) is 11.5 Å². The number of alkyl halides is 2. The number of hydroxylamine groups is 1. The lowest BCUT2D eigenvalue weighted by atomic mass is 9.89. The van der Waals surface area contributed by atoms with Crippen molar-refractivity contribution in [1.29, 1.82) is 0 Å². The minimum atomic E-state index is -3.69. The van der Waals surface area contributed by atoms with Crippen LogP contribution in [0.2, 0.25) is 0 Å². The average Bonchev–Trinajstić information content (AvgIpc) is 3.03. The molecular formula is C20H27F2N3O6. The molecule has 0 spiro atoms. The number of halogens is 2. The summed E-state index contributed by atoms with van der Waals surface area (Å²) >= 11 is 0. The van der Waals surface area contributed by atoms with Crippen LogP contribution >= 0.6 is 0 Å². The Morgan fingerprint density at radius 3 is 2.55 bits per heavy atom. The molecule has 1 aromatic rings. The molecule has 1 fully saturated rings. The summed E-state index contributed by atoms with van der Waals surface area (Å²) in [5.41, 5.74) is 2.05. The summed E-state index contributed by atoms with van der Waals surface area (Å²) < 4.78 is 35.4. The van der Waals surface area contributed by atoms with Gasteiger partial charge >= 0.3 is 6.29 Å². The van der Waals surface area contributed by atoms with Crippen molar-refractivity contribution in [3.63, 3.8) is 0 Å². The summed E-state index contributed by atoms with van der Waals surface area (Å²) in [7, 11) is 0. The monoisotopic (exact) mass is 443 g/mol. The molecule has 2 aliphatic rings. The van der Waals surface area contributed by atoms with Crippen LogP contribution in [0.3, 0.4) is 0 Å². The fourth-order valence-electron chi connectivity index (χ4n) is 3.99. The maximum Gasteiger partial charge on any atom is 0.586 e. The van der Waals surface area contributed by atoms with Crippen LogP contribution in [0, 0.1) is 11.8 Å². The van der Waals surface area contributed by atoms with E-state index in [-0.39, 0.29) is 35.8 Å². The Morgan fingerprint density at radius 2 is 1.94 bits per heavy atom. The quantitative estimate of drug-likeness (QED) is 0.452. The smallest absolute Gasteiger partial charge is 0.395 e. The Labute approximate surface area is 178 Å². The SMILES string of the molecule is CC(C)C[C@H](C(=O)N1CCN(c2ccc3c(c2)OC(F)(F)O3)C[C@H]1C)[C@H](O)C(=O)NO. The summed E-state index contributed by atoms with van der Waals surface area (Å²) in [6.45, 7) is 6.72. The molecule has 0 aromatic heterocycles. The lowest BCUT2D eigenvalue weighted by Crippen LogP contribution is -2.57. The summed E-state index contributed by atoms with van der Waals surface area (Å²) in [5.74, 6) is -2.44. The van der Waals surface area contributed by atoms with Gasteiger partial charge in [0, 0.05) is 37.4 Å². The van der Waals surface area contributed by atoms with E-state index in [1.165, 1.54) is 17.6 Å².